The summed E-state index contributed by atoms with van der Waals surface area (Å²) in [4.78, 5) is 29.8. The number of methoxy groups -OCH3 is 1. The lowest BCUT2D eigenvalue weighted by Gasteiger charge is -2.20. The van der Waals surface area contributed by atoms with Crippen molar-refractivity contribution < 1.29 is 9.53 Å². The standard InChI is InChI=1S/C18H25N3O3S/c1-5-12(2)21-17(23)14-8-6-7-9-15(14)20-18(21)25-13(3)16(22)19-10-11-24-4/h6-9,12-13H,5,10-11H2,1-4H3,(H,19,22)/t12-,13+/m0/s1. The molecule has 7 heteroatoms. The van der Waals surface area contributed by atoms with Crippen LogP contribution in [0.2, 0.25) is 0 Å². The van der Waals surface area contributed by atoms with Crippen LogP contribution in [0, 0.1) is 0 Å². The zero-order valence-corrected chi connectivity index (χ0v) is 15.9. The minimum absolute atomic E-state index is 0.0101. The van der Waals surface area contributed by atoms with Crippen molar-refractivity contribution in [3.05, 3.63) is 34.6 Å². The van der Waals surface area contributed by atoms with Gasteiger partial charge in [0.1, 0.15) is 0 Å². The van der Waals surface area contributed by atoms with Crippen LogP contribution in [0.15, 0.2) is 34.2 Å². The van der Waals surface area contributed by atoms with Crippen LogP contribution in [0.3, 0.4) is 0 Å². The third-order valence-electron chi connectivity index (χ3n) is 4.06. The number of thioether (sulfide) groups is 1. The second-order valence-electron chi connectivity index (χ2n) is 5.89. The van der Waals surface area contributed by atoms with Crippen molar-refractivity contribution in [2.45, 2.75) is 43.6 Å². The number of ether oxygens (including phenoxy) is 1. The number of nitrogens with one attached hydrogen (secondary N) is 1. The maximum absolute atomic E-state index is 12.9. The van der Waals surface area contributed by atoms with Crippen molar-refractivity contribution in [1.82, 2.24) is 14.9 Å². The quantitative estimate of drug-likeness (QED) is 0.443. The number of nitrogens with zero attached hydrogens (tertiary/aromatic N) is 2. The summed E-state index contributed by atoms with van der Waals surface area (Å²) >= 11 is 1.31. The number of amides is 1. The van der Waals surface area contributed by atoms with Gasteiger partial charge in [0.25, 0.3) is 5.56 Å². The Labute approximate surface area is 152 Å². The number of aromatic nitrogens is 2. The smallest absolute Gasteiger partial charge is 0.262 e. The number of carbonyl (C=O) groups excluding carboxylic acids is 1. The molecule has 136 valence electrons. The molecule has 0 unspecified atom stereocenters. The van der Waals surface area contributed by atoms with Gasteiger partial charge in [-0.15, -0.1) is 0 Å². The van der Waals surface area contributed by atoms with E-state index in [0.29, 0.717) is 29.2 Å². The average Bonchev–Trinajstić information content (AvgIpc) is 2.61. The molecule has 1 amide bonds. The topological polar surface area (TPSA) is 73.2 Å². The molecule has 2 rings (SSSR count). The van der Waals surface area contributed by atoms with Gasteiger partial charge in [-0.1, -0.05) is 30.8 Å². The van der Waals surface area contributed by atoms with Gasteiger partial charge < -0.3 is 10.1 Å². The van der Waals surface area contributed by atoms with Gasteiger partial charge in [-0.05, 0) is 32.4 Å². The van der Waals surface area contributed by atoms with Crippen LogP contribution in [0.5, 0.6) is 0 Å². The molecule has 0 fully saturated rings. The molecule has 25 heavy (non-hydrogen) atoms. The summed E-state index contributed by atoms with van der Waals surface area (Å²) < 4.78 is 6.64. The predicted molar refractivity (Wildman–Crippen MR) is 101 cm³/mol. The first-order chi connectivity index (χ1) is 12.0. The molecule has 1 aromatic heterocycles. The fourth-order valence-electron chi connectivity index (χ4n) is 2.41. The SMILES string of the molecule is CC[C@H](C)n1c(S[C@H](C)C(=O)NCCOC)nc2ccccc2c1=O. The zero-order valence-electron chi connectivity index (χ0n) is 15.1. The summed E-state index contributed by atoms with van der Waals surface area (Å²) in [5.74, 6) is -0.0971. The lowest BCUT2D eigenvalue weighted by Crippen LogP contribution is -2.34. The van der Waals surface area contributed by atoms with E-state index in [-0.39, 0.29) is 22.8 Å². The van der Waals surface area contributed by atoms with E-state index in [1.54, 1.807) is 17.7 Å². The molecule has 2 aromatic rings. The summed E-state index contributed by atoms with van der Waals surface area (Å²) in [6.45, 7) is 6.76. The Bertz CT molecular complexity index is 791. The van der Waals surface area contributed by atoms with Crippen LogP contribution < -0.4 is 10.9 Å². The first-order valence-electron chi connectivity index (χ1n) is 8.44. The third kappa shape index (κ3) is 4.61. The zero-order chi connectivity index (χ0) is 18.4. The van der Waals surface area contributed by atoms with E-state index in [4.69, 9.17) is 4.74 Å². The van der Waals surface area contributed by atoms with Gasteiger partial charge >= 0.3 is 0 Å². The van der Waals surface area contributed by atoms with Crippen molar-refractivity contribution in [3.63, 3.8) is 0 Å². The fraction of sp³-hybridized carbons (Fsp3) is 0.500. The second-order valence-corrected chi connectivity index (χ2v) is 7.20. The molecule has 0 aliphatic heterocycles. The van der Waals surface area contributed by atoms with Crippen LogP contribution in [-0.2, 0) is 9.53 Å². The maximum Gasteiger partial charge on any atom is 0.262 e. The monoisotopic (exact) mass is 363 g/mol. The summed E-state index contributed by atoms with van der Waals surface area (Å²) in [6.07, 6.45) is 0.807. The Morgan fingerprint density at radius 3 is 2.76 bits per heavy atom. The van der Waals surface area contributed by atoms with Gasteiger partial charge in [0, 0.05) is 19.7 Å². The number of benzene rings is 1. The van der Waals surface area contributed by atoms with E-state index < -0.39 is 0 Å². The Morgan fingerprint density at radius 1 is 1.36 bits per heavy atom. The molecule has 1 N–H and O–H groups in total. The Hall–Kier alpha value is -1.86. The van der Waals surface area contributed by atoms with Crippen LogP contribution in [0.25, 0.3) is 10.9 Å². The normalized spacial score (nSPS) is 13.6. The van der Waals surface area contributed by atoms with Crippen molar-refractivity contribution in [2.75, 3.05) is 20.3 Å². The first-order valence-corrected chi connectivity index (χ1v) is 9.32. The summed E-state index contributed by atoms with van der Waals surface area (Å²) in [6, 6.07) is 7.32. The van der Waals surface area contributed by atoms with Crippen molar-refractivity contribution in [3.8, 4) is 0 Å². The van der Waals surface area contributed by atoms with Gasteiger partial charge in [-0.2, -0.15) is 0 Å². The van der Waals surface area contributed by atoms with Crippen molar-refractivity contribution >= 4 is 28.6 Å². The maximum atomic E-state index is 12.9. The highest BCUT2D eigenvalue weighted by atomic mass is 32.2. The molecule has 0 saturated carbocycles. The Kier molecular flexibility index (Phi) is 7.01. The molecule has 6 nitrogen and oxygen atoms in total. The Morgan fingerprint density at radius 2 is 2.08 bits per heavy atom. The number of rotatable bonds is 8. The molecule has 0 bridgehead atoms. The molecule has 0 spiro atoms. The highest BCUT2D eigenvalue weighted by molar-refractivity contribution is 8.00. The third-order valence-corrected chi connectivity index (χ3v) is 5.13. The molecule has 1 aromatic carbocycles. The number of carbonyl (C=O) groups is 1. The minimum atomic E-state index is -0.361. The number of fused-ring (bicyclic) bond motifs is 1. The average molecular weight is 363 g/mol. The Balaban J connectivity index is 2.35. The van der Waals surface area contributed by atoms with E-state index in [9.17, 15) is 9.59 Å². The van der Waals surface area contributed by atoms with Gasteiger partial charge in [-0.25, -0.2) is 4.98 Å². The summed E-state index contributed by atoms with van der Waals surface area (Å²) in [5, 5.41) is 3.63. The number of hydrogen-bond acceptors (Lipinski definition) is 5. The van der Waals surface area contributed by atoms with Crippen LogP contribution >= 0.6 is 11.8 Å². The highest BCUT2D eigenvalue weighted by Gasteiger charge is 2.21. The molecule has 0 saturated heterocycles. The van der Waals surface area contributed by atoms with Crippen molar-refractivity contribution in [1.29, 1.82) is 0 Å². The fourth-order valence-corrected chi connectivity index (χ4v) is 3.45. The van der Waals surface area contributed by atoms with E-state index in [1.807, 2.05) is 39.0 Å². The predicted octanol–water partition coefficient (Wildman–Crippen LogP) is 2.61. The lowest BCUT2D eigenvalue weighted by molar-refractivity contribution is -0.120. The highest BCUT2D eigenvalue weighted by Crippen LogP contribution is 2.25. The molecular formula is C18H25N3O3S. The molecule has 1 heterocycles. The summed E-state index contributed by atoms with van der Waals surface area (Å²) in [7, 11) is 1.59. The van der Waals surface area contributed by atoms with Gasteiger partial charge in [0.05, 0.1) is 22.8 Å². The molecule has 0 aliphatic carbocycles. The molecule has 0 aliphatic rings. The summed E-state index contributed by atoms with van der Waals surface area (Å²) in [5.41, 5.74) is 0.594. The molecular weight excluding hydrogens is 338 g/mol. The van der Waals surface area contributed by atoms with E-state index in [2.05, 4.69) is 10.3 Å². The van der Waals surface area contributed by atoms with Crippen molar-refractivity contribution in [2.24, 2.45) is 0 Å². The second kappa shape index (κ2) is 9.01. The van der Waals surface area contributed by atoms with Gasteiger partial charge in [0.15, 0.2) is 5.16 Å². The number of hydrogen-bond donors (Lipinski definition) is 1. The lowest BCUT2D eigenvalue weighted by atomic mass is 10.2. The largest absolute Gasteiger partial charge is 0.383 e. The first kappa shape index (κ1) is 19.5. The van der Waals surface area contributed by atoms with Gasteiger partial charge in [0.2, 0.25) is 5.91 Å². The van der Waals surface area contributed by atoms with Crippen LogP contribution in [0.1, 0.15) is 33.2 Å². The molecule has 0 radical (unpaired) electrons. The van der Waals surface area contributed by atoms with E-state index in [1.165, 1.54) is 11.8 Å². The van der Waals surface area contributed by atoms with Gasteiger partial charge in [-0.3, -0.25) is 14.2 Å². The van der Waals surface area contributed by atoms with Crippen LogP contribution in [-0.4, -0.2) is 41.0 Å². The number of para-hydroxylation sites is 1. The molecule has 2 atom stereocenters. The minimum Gasteiger partial charge on any atom is -0.383 e. The van der Waals surface area contributed by atoms with Crippen LogP contribution in [0.4, 0.5) is 0 Å². The van der Waals surface area contributed by atoms with E-state index >= 15 is 0 Å². The van der Waals surface area contributed by atoms with E-state index in [0.717, 1.165) is 6.42 Å².